The minimum atomic E-state index is -0.105. The number of rotatable bonds is 5. The van der Waals surface area contributed by atoms with Crippen LogP contribution in [0.1, 0.15) is 6.92 Å². The highest BCUT2D eigenvalue weighted by atomic mass is 16.1. The van der Waals surface area contributed by atoms with E-state index in [1.165, 1.54) is 6.92 Å². The Hall–Kier alpha value is -3.67. The zero-order valence-corrected chi connectivity index (χ0v) is 14.3. The molecule has 0 unspecified atom stereocenters. The van der Waals surface area contributed by atoms with E-state index in [2.05, 4.69) is 20.9 Å². The maximum atomic E-state index is 11.0. The third-order valence-corrected chi connectivity index (χ3v) is 3.54. The zero-order valence-electron chi connectivity index (χ0n) is 14.3. The molecule has 0 heterocycles. The van der Waals surface area contributed by atoms with Crippen molar-refractivity contribution in [2.75, 3.05) is 16.4 Å². The van der Waals surface area contributed by atoms with Crippen LogP contribution in [-0.2, 0) is 4.79 Å². The molecular weight excluding hydrogens is 326 g/mol. The van der Waals surface area contributed by atoms with Crippen molar-refractivity contribution in [3.05, 3.63) is 72.8 Å². The SMILES string of the molecule is CC(=O)Nc1ccc(N=Nc2ccc(Nc3ccc(N)cc3)cc2)cc1. The minimum Gasteiger partial charge on any atom is -0.399 e. The van der Waals surface area contributed by atoms with E-state index in [1.807, 2.05) is 48.5 Å². The number of carbonyl (C=O) groups is 1. The molecule has 3 rings (SSSR count). The average Bonchev–Trinajstić information content (AvgIpc) is 2.64. The van der Waals surface area contributed by atoms with E-state index in [0.29, 0.717) is 5.69 Å². The summed E-state index contributed by atoms with van der Waals surface area (Å²) in [4.78, 5) is 11.0. The molecule has 0 aliphatic rings. The van der Waals surface area contributed by atoms with Gasteiger partial charge in [-0.1, -0.05) is 0 Å². The quantitative estimate of drug-likeness (QED) is 0.428. The molecule has 0 bridgehead atoms. The molecule has 3 aromatic rings. The number of anilines is 4. The lowest BCUT2D eigenvalue weighted by molar-refractivity contribution is -0.114. The lowest BCUT2D eigenvalue weighted by Gasteiger charge is -2.06. The number of hydrogen-bond acceptors (Lipinski definition) is 5. The third-order valence-electron chi connectivity index (χ3n) is 3.54. The number of nitrogens with zero attached hydrogens (tertiary/aromatic N) is 2. The van der Waals surface area contributed by atoms with Gasteiger partial charge in [0.2, 0.25) is 5.91 Å². The summed E-state index contributed by atoms with van der Waals surface area (Å²) < 4.78 is 0. The molecular formula is C20H19N5O. The lowest BCUT2D eigenvalue weighted by Crippen LogP contribution is -2.04. The zero-order chi connectivity index (χ0) is 18.4. The van der Waals surface area contributed by atoms with Gasteiger partial charge >= 0.3 is 0 Å². The van der Waals surface area contributed by atoms with Crippen LogP contribution in [0.3, 0.4) is 0 Å². The lowest BCUT2D eigenvalue weighted by atomic mass is 10.2. The number of benzene rings is 3. The number of nitrogens with one attached hydrogen (secondary N) is 2. The molecule has 0 atom stereocenters. The summed E-state index contributed by atoms with van der Waals surface area (Å²) in [6, 6.07) is 22.4. The second-order valence-electron chi connectivity index (χ2n) is 5.72. The first-order chi connectivity index (χ1) is 12.6. The van der Waals surface area contributed by atoms with Gasteiger partial charge in [-0.25, -0.2) is 0 Å². The van der Waals surface area contributed by atoms with Gasteiger partial charge in [0.05, 0.1) is 11.4 Å². The van der Waals surface area contributed by atoms with E-state index in [9.17, 15) is 4.79 Å². The molecule has 130 valence electrons. The molecule has 6 heteroatoms. The van der Waals surface area contributed by atoms with Crippen LogP contribution in [0.4, 0.5) is 34.1 Å². The van der Waals surface area contributed by atoms with Crippen molar-refractivity contribution >= 4 is 40.0 Å². The summed E-state index contributed by atoms with van der Waals surface area (Å²) in [5.74, 6) is -0.105. The summed E-state index contributed by atoms with van der Waals surface area (Å²) in [7, 11) is 0. The monoisotopic (exact) mass is 345 g/mol. The van der Waals surface area contributed by atoms with E-state index in [-0.39, 0.29) is 5.91 Å². The normalized spacial score (nSPS) is 10.7. The van der Waals surface area contributed by atoms with Gasteiger partial charge in [-0.05, 0) is 72.8 Å². The number of nitrogen functional groups attached to an aromatic ring is 1. The Balaban J connectivity index is 1.62. The Morgan fingerprint density at radius 2 is 1.15 bits per heavy atom. The third kappa shape index (κ3) is 4.91. The second-order valence-corrected chi connectivity index (χ2v) is 5.72. The first-order valence-electron chi connectivity index (χ1n) is 8.10. The van der Waals surface area contributed by atoms with Crippen LogP contribution in [0.25, 0.3) is 0 Å². The van der Waals surface area contributed by atoms with Crippen LogP contribution >= 0.6 is 0 Å². The first-order valence-corrected chi connectivity index (χ1v) is 8.10. The predicted octanol–water partition coefficient (Wildman–Crippen LogP) is 5.39. The molecule has 0 spiro atoms. The fourth-order valence-electron chi connectivity index (χ4n) is 2.27. The van der Waals surface area contributed by atoms with Crippen LogP contribution in [0, 0.1) is 0 Å². The van der Waals surface area contributed by atoms with Crippen LogP contribution in [-0.4, -0.2) is 5.91 Å². The Morgan fingerprint density at radius 3 is 1.62 bits per heavy atom. The number of amides is 1. The van der Waals surface area contributed by atoms with E-state index in [4.69, 9.17) is 5.73 Å². The van der Waals surface area contributed by atoms with Crippen LogP contribution in [0.2, 0.25) is 0 Å². The molecule has 0 saturated carbocycles. The molecule has 3 aromatic carbocycles. The molecule has 0 radical (unpaired) electrons. The van der Waals surface area contributed by atoms with Crippen LogP contribution in [0.15, 0.2) is 83.0 Å². The smallest absolute Gasteiger partial charge is 0.221 e. The second kappa shape index (κ2) is 7.94. The maximum absolute atomic E-state index is 11.0. The Morgan fingerprint density at radius 1 is 0.731 bits per heavy atom. The fourth-order valence-corrected chi connectivity index (χ4v) is 2.27. The number of nitrogens with two attached hydrogens (primary N) is 1. The van der Waals surface area contributed by atoms with Gasteiger partial charge in [-0.2, -0.15) is 10.2 Å². The highest BCUT2D eigenvalue weighted by Crippen LogP contribution is 2.23. The van der Waals surface area contributed by atoms with Crippen molar-refractivity contribution in [1.29, 1.82) is 0 Å². The van der Waals surface area contributed by atoms with E-state index in [1.54, 1.807) is 24.3 Å². The van der Waals surface area contributed by atoms with Crippen molar-refractivity contribution in [2.45, 2.75) is 6.92 Å². The van der Waals surface area contributed by atoms with Gasteiger partial charge in [0.1, 0.15) is 0 Å². The molecule has 0 fully saturated rings. The highest BCUT2D eigenvalue weighted by Gasteiger charge is 1.97. The van der Waals surface area contributed by atoms with Gasteiger partial charge in [0.15, 0.2) is 0 Å². The summed E-state index contributed by atoms with van der Waals surface area (Å²) in [6.07, 6.45) is 0. The topological polar surface area (TPSA) is 91.9 Å². The maximum Gasteiger partial charge on any atom is 0.221 e. The first kappa shape index (κ1) is 17.2. The van der Waals surface area contributed by atoms with Crippen LogP contribution < -0.4 is 16.4 Å². The molecule has 0 aromatic heterocycles. The molecule has 6 nitrogen and oxygen atoms in total. The molecule has 26 heavy (non-hydrogen) atoms. The number of hydrogen-bond donors (Lipinski definition) is 3. The van der Waals surface area contributed by atoms with Crippen molar-refractivity contribution in [2.24, 2.45) is 10.2 Å². The molecule has 4 N–H and O–H groups in total. The summed E-state index contributed by atoms with van der Waals surface area (Å²) >= 11 is 0. The van der Waals surface area contributed by atoms with E-state index >= 15 is 0 Å². The van der Waals surface area contributed by atoms with Gasteiger partial charge in [0.25, 0.3) is 0 Å². The van der Waals surface area contributed by atoms with Crippen molar-refractivity contribution < 1.29 is 4.79 Å². The Labute approximate surface area is 151 Å². The molecule has 0 aliphatic heterocycles. The number of azo groups is 1. The molecule has 0 saturated heterocycles. The molecule has 1 amide bonds. The van der Waals surface area contributed by atoms with Crippen LogP contribution in [0.5, 0.6) is 0 Å². The summed E-state index contributed by atoms with van der Waals surface area (Å²) in [6.45, 7) is 1.47. The van der Waals surface area contributed by atoms with Crippen molar-refractivity contribution in [3.8, 4) is 0 Å². The van der Waals surface area contributed by atoms with Crippen molar-refractivity contribution in [3.63, 3.8) is 0 Å². The Kier molecular flexibility index (Phi) is 5.24. The van der Waals surface area contributed by atoms with Gasteiger partial charge in [0, 0.05) is 29.7 Å². The molecule has 0 aliphatic carbocycles. The summed E-state index contributed by atoms with van der Waals surface area (Å²) in [5, 5.41) is 14.4. The van der Waals surface area contributed by atoms with E-state index < -0.39 is 0 Å². The standard InChI is InChI=1S/C20H19N5O/c1-14(26)22-16-6-10-19(11-7-16)24-25-20-12-8-18(9-13-20)23-17-4-2-15(21)3-5-17/h2-13,23H,21H2,1H3,(H,22,26). The largest absolute Gasteiger partial charge is 0.399 e. The fraction of sp³-hybridized carbons (Fsp3) is 0.0500. The number of carbonyl (C=O) groups excluding carboxylic acids is 1. The minimum absolute atomic E-state index is 0.105. The summed E-state index contributed by atoms with van der Waals surface area (Å²) in [5.41, 5.74) is 10.5. The predicted molar refractivity (Wildman–Crippen MR) is 106 cm³/mol. The van der Waals surface area contributed by atoms with Gasteiger partial charge in [-0.3, -0.25) is 4.79 Å². The average molecular weight is 345 g/mol. The van der Waals surface area contributed by atoms with Crippen molar-refractivity contribution in [1.82, 2.24) is 0 Å². The Bertz CT molecular complexity index is 900. The van der Waals surface area contributed by atoms with Gasteiger partial charge in [-0.15, -0.1) is 0 Å². The van der Waals surface area contributed by atoms with Gasteiger partial charge < -0.3 is 16.4 Å². The highest BCUT2D eigenvalue weighted by molar-refractivity contribution is 5.88. The van der Waals surface area contributed by atoms with E-state index in [0.717, 1.165) is 28.4 Å².